The summed E-state index contributed by atoms with van der Waals surface area (Å²) >= 11 is 1.49. The molecule has 1 atom stereocenters. The van der Waals surface area contributed by atoms with Gasteiger partial charge in [-0.05, 0) is 11.7 Å². The van der Waals surface area contributed by atoms with Gasteiger partial charge in [0.25, 0.3) is 5.56 Å². The molecule has 0 bridgehead atoms. The van der Waals surface area contributed by atoms with Crippen LogP contribution in [0.15, 0.2) is 11.1 Å². The summed E-state index contributed by atoms with van der Waals surface area (Å²) < 4.78 is 1.78. The minimum Gasteiger partial charge on any atom is -0.369 e. The smallest absolute Gasteiger partial charge is 0.280 e. The summed E-state index contributed by atoms with van der Waals surface area (Å²) in [5.74, 6) is 1.12. The van der Waals surface area contributed by atoms with Crippen molar-refractivity contribution in [1.82, 2.24) is 19.5 Å². The van der Waals surface area contributed by atoms with E-state index in [1.165, 1.54) is 11.8 Å². The van der Waals surface area contributed by atoms with Crippen LogP contribution in [0.1, 0.15) is 6.92 Å². The Balaban J connectivity index is 2.08. The molecule has 10 heteroatoms. The number of aromatic nitrogens is 4. The van der Waals surface area contributed by atoms with Crippen molar-refractivity contribution in [3.8, 4) is 0 Å². The first-order valence-electron chi connectivity index (χ1n) is 5.91. The highest BCUT2D eigenvalue weighted by Gasteiger charge is 2.12. The van der Waals surface area contributed by atoms with Gasteiger partial charge in [-0.1, -0.05) is 6.92 Å². The fraction of sp³-hybridized carbons (Fsp3) is 0.500. The van der Waals surface area contributed by atoms with Crippen molar-refractivity contribution in [2.24, 2.45) is 5.92 Å². The molecule has 0 fully saturated rings. The number of anilines is 1. The second-order valence-electron chi connectivity index (χ2n) is 4.50. The molecule has 0 spiro atoms. The van der Waals surface area contributed by atoms with Crippen LogP contribution in [0.5, 0.6) is 0 Å². The number of nitrogen functional groups attached to an aromatic ring is 1. The number of rotatable bonds is 6. The summed E-state index contributed by atoms with van der Waals surface area (Å²) in [5, 5.41) is 0. The van der Waals surface area contributed by atoms with Gasteiger partial charge in [-0.2, -0.15) is 16.7 Å². The minimum absolute atomic E-state index is 0.0671. The lowest BCUT2D eigenvalue weighted by Gasteiger charge is -2.12. The Morgan fingerprint density at radius 1 is 1.60 bits per heavy atom. The predicted octanol–water partition coefficient (Wildman–Crippen LogP) is 0.325. The number of fused-ring (bicyclic) bond motifs is 1. The standard InChI is InChI=1S/C10H16N5O3PS/c1-6(3-20-5-19(17)18)2-15-4-12-7-8(15)13-10(11)14-9(7)16/h4,6,17-18H,2-3,5H2,1H3,(H3,11,13,14,16). The summed E-state index contributed by atoms with van der Waals surface area (Å²) in [5.41, 5.74) is 6.27. The first kappa shape index (κ1) is 15.2. The normalized spacial score (nSPS) is 13.2. The molecule has 5 N–H and O–H groups in total. The fourth-order valence-corrected chi connectivity index (χ4v) is 3.41. The van der Waals surface area contributed by atoms with Crippen molar-refractivity contribution >= 4 is 37.2 Å². The number of nitrogens with zero attached hydrogens (tertiary/aromatic N) is 3. The monoisotopic (exact) mass is 317 g/mol. The Labute approximate surface area is 120 Å². The Morgan fingerprint density at radius 2 is 2.35 bits per heavy atom. The molecule has 0 saturated carbocycles. The van der Waals surface area contributed by atoms with E-state index in [1.54, 1.807) is 10.9 Å². The van der Waals surface area contributed by atoms with Gasteiger partial charge < -0.3 is 20.1 Å². The van der Waals surface area contributed by atoms with E-state index in [1.807, 2.05) is 6.92 Å². The highest BCUT2D eigenvalue weighted by Crippen LogP contribution is 2.29. The molecule has 0 aromatic carbocycles. The number of thioether (sulfide) groups is 1. The van der Waals surface area contributed by atoms with Crippen LogP contribution in [-0.4, -0.2) is 40.6 Å². The first-order chi connectivity index (χ1) is 9.47. The van der Waals surface area contributed by atoms with E-state index < -0.39 is 8.38 Å². The van der Waals surface area contributed by atoms with Gasteiger partial charge in [0.15, 0.2) is 19.5 Å². The van der Waals surface area contributed by atoms with Gasteiger partial charge in [-0.25, -0.2) is 4.98 Å². The number of hydrogen-bond acceptors (Lipinski definition) is 7. The molecule has 0 aliphatic carbocycles. The van der Waals surface area contributed by atoms with Crippen LogP contribution in [0.2, 0.25) is 0 Å². The molecule has 0 aliphatic heterocycles. The highest BCUT2D eigenvalue weighted by molar-refractivity contribution is 8.03. The minimum atomic E-state index is -1.85. The van der Waals surface area contributed by atoms with Gasteiger partial charge in [0, 0.05) is 6.54 Å². The predicted molar refractivity (Wildman–Crippen MR) is 80.4 cm³/mol. The molecule has 110 valence electrons. The zero-order chi connectivity index (χ0) is 14.7. The second-order valence-corrected chi connectivity index (χ2v) is 7.02. The average molecular weight is 317 g/mol. The lowest BCUT2D eigenvalue weighted by molar-refractivity contribution is 0.489. The number of nitrogens with one attached hydrogen (secondary N) is 1. The first-order valence-corrected chi connectivity index (χ1v) is 8.49. The third-order valence-electron chi connectivity index (χ3n) is 2.61. The molecule has 0 radical (unpaired) electrons. The molecule has 2 heterocycles. The molecule has 2 rings (SSSR count). The highest BCUT2D eigenvalue weighted by atomic mass is 32.2. The number of hydrogen-bond donors (Lipinski definition) is 4. The van der Waals surface area contributed by atoms with E-state index in [9.17, 15) is 4.79 Å². The van der Waals surface area contributed by atoms with E-state index in [0.29, 0.717) is 17.7 Å². The van der Waals surface area contributed by atoms with Crippen molar-refractivity contribution < 1.29 is 9.79 Å². The van der Waals surface area contributed by atoms with Crippen molar-refractivity contribution in [2.75, 3.05) is 17.0 Å². The molecule has 0 aliphatic rings. The maximum Gasteiger partial charge on any atom is 0.280 e. The number of aromatic amines is 1. The van der Waals surface area contributed by atoms with E-state index in [0.717, 1.165) is 5.75 Å². The Kier molecular flexibility index (Phi) is 4.98. The van der Waals surface area contributed by atoms with Crippen LogP contribution < -0.4 is 11.3 Å². The Morgan fingerprint density at radius 3 is 3.05 bits per heavy atom. The van der Waals surface area contributed by atoms with E-state index in [-0.39, 0.29) is 22.9 Å². The van der Waals surface area contributed by atoms with E-state index in [4.69, 9.17) is 15.5 Å². The third-order valence-corrected chi connectivity index (χ3v) is 5.07. The molecule has 0 amide bonds. The van der Waals surface area contributed by atoms with E-state index >= 15 is 0 Å². The topological polar surface area (TPSA) is 130 Å². The van der Waals surface area contributed by atoms with Crippen LogP contribution in [0.3, 0.4) is 0 Å². The average Bonchev–Trinajstić information content (AvgIpc) is 2.72. The summed E-state index contributed by atoms with van der Waals surface area (Å²) in [4.78, 5) is 39.9. The molecular formula is C10H16N5O3PS. The van der Waals surface area contributed by atoms with Gasteiger partial charge in [0.1, 0.15) is 0 Å². The lowest BCUT2D eigenvalue weighted by atomic mass is 10.2. The largest absolute Gasteiger partial charge is 0.369 e. The summed E-state index contributed by atoms with van der Waals surface area (Å²) in [6.45, 7) is 2.67. The molecule has 20 heavy (non-hydrogen) atoms. The maximum atomic E-state index is 11.6. The molecule has 8 nitrogen and oxygen atoms in total. The quantitative estimate of drug-likeness (QED) is 0.565. The lowest BCUT2D eigenvalue weighted by Crippen LogP contribution is -2.14. The molecule has 1 unspecified atom stereocenters. The van der Waals surface area contributed by atoms with Gasteiger partial charge in [-0.3, -0.25) is 9.78 Å². The zero-order valence-electron chi connectivity index (χ0n) is 10.9. The van der Waals surface area contributed by atoms with Crippen molar-refractivity contribution in [2.45, 2.75) is 13.5 Å². The summed E-state index contributed by atoms with van der Waals surface area (Å²) in [6.07, 6.45) is 1.57. The van der Waals surface area contributed by atoms with Gasteiger partial charge in [-0.15, -0.1) is 0 Å². The Bertz CT molecular complexity index is 643. The van der Waals surface area contributed by atoms with Crippen LogP contribution in [0.4, 0.5) is 5.95 Å². The molecule has 2 aromatic rings. The Hall–Kier alpha value is -1.15. The number of imidazole rings is 1. The number of nitrogens with two attached hydrogens (primary N) is 1. The van der Waals surface area contributed by atoms with Crippen molar-refractivity contribution in [1.29, 1.82) is 0 Å². The van der Waals surface area contributed by atoms with Crippen LogP contribution in [-0.2, 0) is 6.54 Å². The van der Waals surface area contributed by atoms with Crippen LogP contribution in [0, 0.1) is 5.92 Å². The third kappa shape index (κ3) is 3.69. The molecule has 0 saturated heterocycles. The van der Waals surface area contributed by atoms with Crippen LogP contribution >= 0.6 is 20.1 Å². The van der Waals surface area contributed by atoms with Crippen LogP contribution in [0.25, 0.3) is 11.2 Å². The van der Waals surface area contributed by atoms with E-state index in [2.05, 4.69) is 15.0 Å². The second kappa shape index (κ2) is 6.53. The maximum absolute atomic E-state index is 11.6. The van der Waals surface area contributed by atoms with Crippen molar-refractivity contribution in [3.63, 3.8) is 0 Å². The number of H-pyrrole nitrogens is 1. The fourth-order valence-electron chi connectivity index (χ4n) is 1.83. The van der Waals surface area contributed by atoms with Crippen molar-refractivity contribution in [3.05, 3.63) is 16.7 Å². The summed E-state index contributed by atoms with van der Waals surface area (Å²) in [6, 6.07) is 0. The molecule has 2 aromatic heterocycles. The van der Waals surface area contributed by atoms with Gasteiger partial charge in [0.05, 0.1) is 11.8 Å². The van der Waals surface area contributed by atoms with Gasteiger partial charge >= 0.3 is 0 Å². The summed E-state index contributed by atoms with van der Waals surface area (Å²) in [7, 11) is -1.85. The SMILES string of the molecule is CC(CSCP(O)O)Cn1cnc2c(=O)[nH]c(N)nc21. The van der Waals surface area contributed by atoms with Gasteiger partial charge in [0.2, 0.25) is 5.95 Å². The zero-order valence-corrected chi connectivity index (χ0v) is 12.6. The molecular weight excluding hydrogens is 301 g/mol.